The summed E-state index contributed by atoms with van der Waals surface area (Å²) in [7, 11) is 2.40. The van der Waals surface area contributed by atoms with Crippen LogP contribution >= 0.6 is 46.8 Å². The van der Waals surface area contributed by atoms with E-state index in [0.29, 0.717) is 58.6 Å². The molecule has 16 amide bonds. The third-order valence-electron chi connectivity index (χ3n) is 19.9. The summed E-state index contributed by atoms with van der Waals surface area (Å²) in [5.41, 5.74) is 24.2. The lowest BCUT2D eigenvalue weighted by molar-refractivity contribution is -0.143. The van der Waals surface area contributed by atoms with E-state index in [2.05, 4.69) is 110 Å². The highest BCUT2D eigenvalue weighted by Gasteiger charge is 2.43. The number of likely N-dealkylation sites (tertiary alicyclic amines) is 2. The van der Waals surface area contributed by atoms with Crippen LogP contribution in [0.3, 0.4) is 0 Å². The number of hydrogen-bond acceptors (Lipinski definition) is 24. The van der Waals surface area contributed by atoms with E-state index in [1.54, 1.807) is 60.9 Å². The van der Waals surface area contributed by atoms with E-state index in [4.69, 9.17) is 33.8 Å². The number of hydrogen-bond donors (Lipinski definition) is 26. The average Bonchev–Trinajstić information content (AvgIpc) is 1.51. The molecular weight excluding hydrogens is 1700 g/mol. The zero-order valence-electron chi connectivity index (χ0n) is 68.2. The van der Waals surface area contributed by atoms with Gasteiger partial charge in [-0.15, -0.1) is 0 Å². The number of primary amides is 2. The summed E-state index contributed by atoms with van der Waals surface area (Å²) < 4.78 is 0. The van der Waals surface area contributed by atoms with E-state index in [1.165, 1.54) is 45.2 Å². The van der Waals surface area contributed by atoms with Crippen molar-refractivity contribution in [3.63, 3.8) is 0 Å². The predicted molar refractivity (Wildman–Crippen MR) is 462 cm³/mol. The van der Waals surface area contributed by atoms with Gasteiger partial charge in [-0.05, 0) is 101 Å². The Balaban J connectivity index is 0.978. The van der Waals surface area contributed by atoms with E-state index in [9.17, 15) is 96.5 Å². The van der Waals surface area contributed by atoms with Gasteiger partial charge in [-0.2, -0.15) is 25.3 Å². The fraction of sp³-hybridized carbons (Fsp3) is 0.526. The number of guanidine groups is 2. The lowest BCUT2D eigenvalue weighted by atomic mass is 10.0. The summed E-state index contributed by atoms with van der Waals surface area (Å²) in [5.74, 6) is -17.2. The van der Waals surface area contributed by atoms with Gasteiger partial charge in [-0.1, -0.05) is 58.0 Å². The normalized spacial score (nSPS) is 15.9. The Morgan fingerprint density at radius 2 is 0.815 bits per heavy atom. The summed E-state index contributed by atoms with van der Waals surface area (Å²) in [6, 6.07) is -2.15. The molecule has 12 atom stereocenters. The zero-order valence-corrected chi connectivity index (χ0v) is 71.7. The second-order valence-electron chi connectivity index (χ2n) is 29.3. The molecule has 0 radical (unpaired) electrons. The van der Waals surface area contributed by atoms with Crippen LogP contribution in [0.1, 0.15) is 115 Å². The van der Waals surface area contributed by atoms with Gasteiger partial charge in [0, 0.05) is 109 Å². The molecule has 0 unspecified atom stereocenters. The Morgan fingerprint density at radius 1 is 0.452 bits per heavy atom. The number of carboxylic acid groups (broad SMARTS) is 2. The topological polar surface area (TPSA) is 706 Å². The number of unbranched alkanes of at least 4 members (excludes halogenated alkanes) is 2. The number of aliphatic carboxylic acids is 2. The number of nitrogens with one attached hydrogen (secondary N) is 18. The number of fused-ring (bicyclic) bond motifs is 2. The molecule has 124 heavy (non-hydrogen) atoms. The molecule has 48 heteroatoms. The number of nitrogens with two attached hydrogens (primary N) is 4. The van der Waals surface area contributed by atoms with Crippen LogP contribution in [0.25, 0.3) is 21.8 Å². The smallest absolute Gasteiger partial charge is 0.305 e. The number of para-hydroxylation sites is 2. The SMILES string of the molecule is C[C@H](NC(=O)CCSSCCC(=O)N[C@@H](C)C(=O)N[C@@H](CCCCNC(=N)N)C(=O)NCC(=O)N[C@@H](CC(=O)O)C(=O)N[C@@H](Cc1c[nH]c2ccccc12)C(=O)N1CCC[C@H]1C(=O)N[C@@H](CS)C(N)=O)C(=O)N[C@@H](CCCCNC(=N)N)C(=O)NCC(=O)N[C@@H](CC(=O)O)C(=O)N[C@@H](Cc1c[nH]c2ccccc12)C(=O)N1CCC[C@H]1C(=O)N[C@@H](CS)C(N)=O. The molecular formula is C76H110N24O20S4. The number of carbonyl (C=O) groups excluding carboxylic acids is 16. The molecule has 2 aromatic carbocycles. The zero-order chi connectivity index (χ0) is 91.3. The number of rotatable bonds is 53. The van der Waals surface area contributed by atoms with Crippen LogP contribution in [0, 0.1) is 10.8 Å². The third-order valence-corrected chi connectivity index (χ3v) is 23.0. The minimum Gasteiger partial charge on any atom is -0.481 e. The number of carbonyl (C=O) groups is 18. The molecule has 6 rings (SSSR count). The number of aromatic nitrogens is 2. The highest BCUT2D eigenvalue weighted by molar-refractivity contribution is 8.76. The highest BCUT2D eigenvalue weighted by atomic mass is 33.1. The molecule has 4 aromatic rings. The third kappa shape index (κ3) is 33.0. The summed E-state index contributed by atoms with van der Waals surface area (Å²) >= 11 is 8.17. The maximum atomic E-state index is 14.5. The number of H-pyrrole nitrogens is 2. The molecule has 28 N–H and O–H groups in total. The molecule has 2 saturated heterocycles. The first-order valence-electron chi connectivity index (χ1n) is 39.9. The van der Waals surface area contributed by atoms with Crippen molar-refractivity contribution in [2.45, 2.75) is 189 Å². The van der Waals surface area contributed by atoms with Gasteiger partial charge in [0.25, 0.3) is 0 Å². The standard InChI is InChI=1S/C76H110N24O20S4/c1-39(65(111)93-47(17-7-9-23-83-75(79)80)67(113)87-35-59(103)91-49(31-61(105)106)69(115)95-51(29-41-33-85-45-15-5-3-13-43(41)45)73(119)99-25-11-19-55(99)71(117)97-53(37-121)63(77)109)89-57(101)21-27-123-124-28-22-58(102)90-40(2)66(112)94-48(18-8-10-24-84-76(81)82)68(114)88-36-60(104)92-50(32-62(107)108)70(116)96-52(30-42-34-86-46-16-6-4-14-44(42)46)74(120)100-26-12-20-56(100)72(118)98-54(38-122)64(78)110/h3-6,13-16,33-34,39-40,47-56,85-86,121-122H,7-12,17-32,35-38H2,1-2H3,(H2,77,109)(H2,78,110)(H,87,113)(H,88,114)(H,89,101)(H,90,102)(H,91,103)(H,92,104)(H,93,111)(H,94,112)(H,95,115)(H,96,116)(H,97,117)(H,98,118)(H,105,106)(H,107,108)(H4,79,80,83)(H4,81,82,84)/t39-,40-,47-,48-,49-,50-,51-,52-,53-,54-,55-,56-/m0/s1. The first kappa shape index (κ1) is 101. The number of thiol groups is 2. The molecule has 0 saturated carbocycles. The van der Waals surface area contributed by atoms with Crippen molar-refractivity contribution in [1.82, 2.24) is 94.2 Å². The first-order valence-corrected chi connectivity index (χ1v) is 43.6. The average molecular weight is 1810 g/mol. The van der Waals surface area contributed by atoms with Gasteiger partial charge in [0.05, 0.1) is 25.9 Å². The molecule has 2 fully saturated rings. The molecule has 0 spiro atoms. The molecule has 2 aliphatic heterocycles. The second kappa shape index (κ2) is 51.1. The van der Waals surface area contributed by atoms with Crippen molar-refractivity contribution in [2.75, 3.05) is 62.3 Å². The minimum atomic E-state index is -1.84. The Labute approximate surface area is 731 Å². The predicted octanol–water partition coefficient (Wildman–Crippen LogP) is -5.22. The van der Waals surface area contributed by atoms with Gasteiger partial charge in [0.1, 0.15) is 72.5 Å². The van der Waals surface area contributed by atoms with Crippen LogP contribution in [0.2, 0.25) is 0 Å². The van der Waals surface area contributed by atoms with Crippen molar-refractivity contribution in [3.8, 4) is 0 Å². The Morgan fingerprint density at radius 3 is 1.16 bits per heavy atom. The molecule has 0 bridgehead atoms. The first-order chi connectivity index (χ1) is 59.0. The quantitative estimate of drug-likeness (QED) is 0.00646. The lowest BCUT2D eigenvalue weighted by Gasteiger charge is -2.30. The van der Waals surface area contributed by atoms with E-state index in [1.807, 2.05) is 0 Å². The number of carboxylic acids is 2. The molecule has 4 heterocycles. The maximum absolute atomic E-state index is 14.5. The molecule has 2 aromatic heterocycles. The number of aromatic amines is 2. The van der Waals surface area contributed by atoms with Crippen molar-refractivity contribution in [3.05, 3.63) is 72.1 Å². The monoisotopic (exact) mass is 1810 g/mol. The van der Waals surface area contributed by atoms with Crippen LogP contribution in [0.4, 0.5) is 0 Å². The van der Waals surface area contributed by atoms with Gasteiger partial charge >= 0.3 is 11.9 Å². The van der Waals surface area contributed by atoms with Crippen LogP contribution in [0.15, 0.2) is 60.9 Å². The molecule has 44 nitrogen and oxygen atoms in total. The summed E-state index contributed by atoms with van der Waals surface area (Å²) in [4.78, 5) is 250. The molecule has 0 aliphatic carbocycles. The number of amides is 16. The van der Waals surface area contributed by atoms with Crippen molar-refractivity contribution < 1.29 is 96.5 Å². The number of benzene rings is 2. The molecule has 678 valence electrons. The number of nitrogens with zero attached hydrogens (tertiary/aromatic N) is 2. The Hall–Kier alpha value is -12.1. The van der Waals surface area contributed by atoms with Crippen LogP contribution < -0.4 is 97.4 Å². The van der Waals surface area contributed by atoms with E-state index >= 15 is 0 Å². The van der Waals surface area contributed by atoms with Crippen molar-refractivity contribution in [2.24, 2.45) is 22.9 Å². The summed E-state index contributed by atoms with van der Waals surface area (Å²) in [6.45, 7) is 1.51. The fourth-order valence-electron chi connectivity index (χ4n) is 13.5. The Kier molecular flexibility index (Phi) is 41.5. The minimum absolute atomic E-state index is 0.0475. The van der Waals surface area contributed by atoms with Gasteiger partial charge in [-0.25, -0.2) is 0 Å². The van der Waals surface area contributed by atoms with Gasteiger partial charge in [0.15, 0.2) is 11.9 Å². The van der Waals surface area contributed by atoms with E-state index in [-0.39, 0.29) is 125 Å². The van der Waals surface area contributed by atoms with Crippen molar-refractivity contribution in [1.29, 1.82) is 10.8 Å². The molecule has 2 aliphatic rings. The van der Waals surface area contributed by atoms with Gasteiger partial charge in [-0.3, -0.25) is 97.1 Å². The van der Waals surface area contributed by atoms with Crippen LogP contribution in [-0.2, 0) is 99.1 Å². The Bertz CT molecular complexity index is 4240. The maximum Gasteiger partial charge on any atom is 0.305 e. The summed E-state index contributed by atoms with van der Waals surface area (Å²) in [6.07, 6.45) is 2.78. The van der Waals surface area contributed by atoms with E-state index < -0.39 is 205 Å². The second-order valence-corrected chi connectivity index (χ2v) is 32.7. The largest absolute Gasteiger partial charge is 0.481 e. The van der Waals surface area contributed by atoms with E-state index in [0.717, 1.165) is 0 Å². The van der Waals surface area contributed by atoms with Crippen LogP contribution in [-0.4, -0.2) is 283 Å². The van der Waals surface area contributed by atoms with Crippen molar-refractivity contribution >= 4 is 187 Å². The van der Waals surface area contributed by atoms with Gasteiger partial charge < -0.3 is 127 Å². The highest BCUT2D eigenvalue weighted by Crippen LogP contribution is 2.27. The van der Waals surface area contributed by atoms with Crippen LogP contribution in [0.5, 0.6) is 0 Å². The van der Waals surface area contributed by atoms with Gasteiger partial charge in [0.2, 0.25) is 94.5 Å². The summed E-state index contributed by atoms with van der Waals surface area (Å²) in [5, 5.41) is 71.1. The fourth-order valence-corrected chi connectivity index (χ4v) is 16.0. The lowest BCUT2D eigenvalue weighted by Crippen LogP contribution is -2.59.